The molecule has 1 aliphatic heterocycles. The van der Waals surface area contributed by atoms with Gasteiger partial charge in [0.15, 0.2) is 0 Å². The molecule has 1 aromatic carbocycles. The third-order valence-electron chi connectivity index (χ3n) is 2.85. The normalized spacial score (nSPS) is 28.2. The highest BCUT2D eigenvalue weighted by Crippen LogP contribution is 2.25. The molecule has 0 bridgehead atoms. The maximum Gasteiger partial charge on any atom is 0.123 e. The third-order valence-corrected chi connectivity index (χ3v) is 2.85. The molecule has 1 heterocycles. The predicted octanol–water partition coefficient (Wildman–Crippen LogP) is 1.18. The van der Waals surface area contributed by atoms with Crippen molar-refractivity contribution in [2.24, 2.45) is 5.73 Å². The van der Waals surface area contributed by atoms with Gasteiger partial charge in [-0.1, -0.05) is 12.1 Å². The molecule has 0 aliphatic carbocycles. The van der Waals surface area contributed by atoms with E-state index in [9.17, 15) is 4.39 Å². The molecule has 2 nitrogen and oxygen atoms in total. The van der Waals surface area contributed by atoms with Crippen LogP contribution in [0.4, 0.5) is 4.39 Å². The van der Waals surface area contributed by atoms with Crippen molar-refractivity contribution in [3.8, 4) is 0 Å². The zero-order valence-corrected chi connectivity index (χ0v) is 8.28. The van der Waals surface area contributed by atoms with Gasteiger partial charge in [0.2, 0.25) is 0 Å². The van der Waals surface area contributed by atoms with E-state index in [0.29, 0.717) is 5.92 Å². The Kier molecular flexibility index (Phi) is 2.52. The van der Waals surface area contributed by atoms with Crippen LogP contribution in [0, 0.1) is 5.82 Å². The molecular formula is C11H15FN2. The summed E-state index contributed by atoms with van der Waals surface area (Å²) in [4.78, 5) is 2.21. The van der Waals surface area contributed by atoms with Crippen LogP contribution in [0.2, 0.25) is 0 Å². The topological polar surface area (TPSA) is 29.3 Å². The van der Waals surface area contributed by atoms with Crippen LogP contribution in [0.25, 0.3) is 0 Å². The van der Waals surface area contributed by atoms with Gasteiger partial charge in [0.1, 0.15) is 5.82 Å². The van der Waals surface area contributed by atoms with E-state index in [2.05, 4.69) is 11.9 Å². The van der Waals surface area contributed by atoms with Gasteiger partial charge in [-0.2, -0.15) is 0 Å². The largest absolute Gasteiger partial charge is 0.326 e. The van der Waals surface area contributed by atoms with Crippen molar-refractivity contribution in [2.75, 3.05) is 20.1 Å². The van der Waals surface area contributed by atoms with E-state index >= 15 is 0 Å². The molecule has 0 saturated carbocycles. The molecule has 14 heavy (non-hydrogen) atoms. The van der Waals surface area contributed by atoms with Gasteiger partial charge in [-0.25, -0.2) is 4.39 Å². The van der Waals surface area contributed by atoms with Crippen LogP contribution in [-0.2, 0) is 0 Å². The van der Waals surface area contributed by atoms with Crippen molar-refractivity contribution in [3.05, 3.63) is 35.6 Å². The molecule has 2 rings (SSSR count). The zero-order valence-electron chi connectivity index (χ0n) is 8.28. The molecule has 0 amide bonds. The lowest BCUT2D eigenvalue weighted by Gasteiger charge is -2.14. The molecule has 76 valence electrons. The van der Waals surface area contributed by atoms with Gasteiger partial charge in [-0.05, 0) is 24.7 Å². The predicted molar refractivity (Wildman–Crippen MR) is 54.6 cm³/mol. The van der Waals surface area contributed by atoms with Crippen molar-refractivity contribution in [3.63, 3.8) is 0 Å². The Hall–Kier alpha value is -0.930. The fraction of sp³-hybridized carbons (Fsp3) is 0.455. The number of rotatable bonds is 1. The molecule has 0 aromatic heterocycles. The van der Waals surface area contributed by atoms with Gasteiger partial charge in [-0.15, -0.1) is 0 Å². The number of nitrogens with two attached hydrogens (primary N) is 1. The summed E-state index contributed by atoms with van der Waals surface area (Å²) in [7, 11) is 2.06. The molecule has 0 radical (unpaired) electrons. The lowest BCUT2D eigenvalue weighted by molar-refractivity contribution is 0.407. The van der Waals surface area contributed by atoms with Crippen LogP contribution in [-0.4, -0.2) is 31.1 Å². The Morgan fingerprint density at radius 2 is 1.93 bits per heavy atom. The molecular weight excluding hydrogens is 179 g/mol. The van der Waals surface area contributed by atoms with E-state index in [1.165, 1.54) is 12.1 Å². The highest BCUT2D eigenvalue weighted by Gasteiger charge is 2.28. The first-order valence-electron chi connectivity index (χ1n) is 4.86. The minimum Gasteiger partial charge on any atom is -0.326 e. The number of likely N-dealkylation sites (tertiary alicyclic amines) is 1. The summed E-state index contributed by atoms with van der Waals surface area (Å²) in [6.07, 6.45) is 0. The van der Waals surface area contributed by atoms with Crippen LogP contribution in [0.3, 0.4) is 0 Å². The summed E-state index contributed by atoms with van der Waals surface area (Å²) >= 11 is 0. The second-order valence-electron chi connectivity index (χ2n) is 4.04. The Labute approximate surface area is 83.5 Å². The molecule has 0 unspecified atom stereocenters. The number of hydrogen-bond acceptors (Lipinski definition) is 2. The summed E-state index contributed by atoms with van der Waals surface area (Å²) in [6.45, 7) is 1.88. The first kappa shape index (κ1) is 9.62. The fourth-order valence-electron chi connectivity index (χ4n) is 2.10. The molecule has 0 spiro atoms. The molecule has 2 atom stereocenters. The van der Waals surface area contributed by atoms with Crippen LogP contribution in [0.5, 0.6) is 0 Å². The second-order valence-corrected chi connectivity index (χ2v) is 4.04. The Balaban J connectivity index is 2.19. The van der Waals surface area contributed by atoms with Crippen molar-refractivity contribution in [1.29, 1.82) is 0 Å². The highest BCUT2D eigenvalue weighted by molar-refractivity contribution is 5.24. The van der Waals surface area contributed by atoms with Gasteiger partial charge in [0.05, 0.1) is 0 Å². The maximum absolute atomic E-state index is 12.7. The number of nitrogens with zero attached hydrogens (tertiary/aromatic N) is 1. The monoisotopic (exact) mass is 194 g/mol. The van der Waals surface area contributed by atoms with E-state index in [-0.39, 0.29) is 11.9 Å². The van der Waals surface area contributed by atoms with E-state index in [0.717, 1.165) is 18.7 Å². The molecule has 2 N–H and O–H groups in total. The van der Waals surface area contributed by atoms with Crippen molar-refractivity contribution in [1.82, 2.24) is 4.90 Å². The fourth-order valence-corrected chi connectivity index (χ4v) is 2.10. The van der Waals surface area contributed by atoms with Crippen molar-refractivity contribution in [2.45, 2.75) is 12.0 Å². The van der Waals surface area contributed by atoms with Gasteiger partial charge in [0, 0.05) is 25.0 Å². The molecule has 1 aliphatic rings. The number of benzene rings is 1. The standard InChI is InChI=1S/C11H15FN2/c1-14-6-10(11(13)7-14)8-2-4-9(12)5-3-8/h2-5,10-11H,6-7,13H2,1H3/t10-,11-/m0/s1. The van der Waals surface area contributed by atoms with Crippen molar-refractivity contribution >= 4 is 0 Å². The number of likely N-dealkylation sites (N-methyl/N-ethyl adjacent to an activating group) is 1. The van der Waals surface area contributed by atoms with E-state index < -0.39 is 0 Å². The summed E-state index contributed by atoms with van der Waals surface area (Å²) in [5.74, 6) is 0.161. The third kappa shape index (κ3) is 1.79. The lowest BCUT2D eigenvalue weighted by Crippen LogP contribution is -2.27. The molecule has 3 heteroatoms. The summed E-state index contributed by atoms with van der Waals surface area (Å²) in [5, 5.41) is 0. The van der Waals surface area contributed by atoms with Gasteiger partial charge in [0.25, 0.3) is 0 Å². The number of hydrogen-bond donors (Lipinski definition) is 1. The number of halogens is 1. The Morgan fingerprint density at radius 1 is 1.29 bits per heavy atom. The van der Waals surface area contributed by atoms with E-state index in [1.807, 2.05) is 12.1 Å². The zero-order chi connectivity index (χ0) is 10.1. The minimum atomic E-state index is -0.186. The second kappa shape index (κ2) is 3.67. The first-order chi connectivity index (χ1) is 6.66. The van der Waals surface area contributed by atoms with Crippen LogP contribution in [0.15, 0.2) is 24.3 Å². The van der Waals surface area contributed by atoms with Crippen LogP contribution in [0.1, 0.15) is 11.5 Å². The van der Waals surface area contributed by atoms with E-state index in [4.69, 9.17) is 5.73 Å². The maximum atomic E-state index is 12.7. The minimum absolute atomic E-state index is 0.172. The molecule has 1 aromatic rings. The highest BCUT2D eigenvalue weighted by atomic mass is 19.1. The average molecular weight is 194 g/mol. The Morgan fingerprint density at radius 3 is 2.43 bits per heavy atom. The SMILES string of the molecule is CN1C[C@H](N)[C@H](c2ccc(F)cc2)C1. The van der Waals surface area contributed by atoms with Crippen LogP contribution >= 0.6 is 0 Å². The smallest absolute Gasteiger partial charge is 0.123 e. The molecule has 1 fully saturated rings. The summed E-state index contributed by atoms with van der Waals surface area (Å²) in [6, 6.07) is 6.84. The van der Waals surface area contributed by atoms with Gasteiger partial charge in [-0.3, -0.25) is 0 Å². The summed E-state index contributed by atoms with van der Waals surface area (Å²) < 4.78 is 12.7. The van der Waals surface area contributed by atoms with Crippen LogP contribution < -0.4 is 5.73 Å². The van der Waals surface area contributed by atoms with Crippen molar-refractivity contribution < 1.29 is 4.39 Å². The first-order valence-corrected chi connectivity index (χ1v) is 4.86. The van der Waals surface area contributed by atoms with E-state index in [1.54, 1.807) is 0 Å². The van der Waals surface area contributed by atoms with Gasteiger partial charge < -0.3 is 10.6 Å². The molecule has 1 saturated heterocycles. The summed E-state index contributed by atoms with van der Waals surface area (Å²) in [5.41, 5.74) is 7.15. The quantitative estimate of drug-likeness (QED) is 0.727. The lowest BCUT2D eigenvalue weighted by atomic mass is 9.95. The Bertz CT molecular complexity index is 310. The average Bonchev–Trinajstić information content (AvgIpc) is 2.47. The van der Waals surface area contributed by atoms with Gasteiger partial charge >= 0.3 is 0 Å².